The van der Waals surface area contributed by atoms with Gasteiger partial charge in [0, 0.05) is 32.0 Å². The fraction of sp³-hybridized carbons (Fsp3) is 0.611. The summed E-state index contributed by atoms with van der Waals surface area (Å²) < 4.78 is 0. The molecule has 2 N–H and O–H groups in total. The SMILES string of the molecule is CC(C)C1CCC(=O)N(CC(CN)c2ccccc2)CC1. The summed E-state index contributed by atoms with van der Waals surface area (Å²) in [6.07, 6.45) is 2.84. The second-order valence-corrected chi connectivity index (χ2v) is 6.51. The van der Waals surface area contributed by atoms with Crippen LogP contribution in [0.1, 0.15) is 44.6 Å². The Kier molecular flexibility index (Phi) is 5.80. The minimum Gasteiger partial charge on any atom is -0.342 e. The third-order valence-corrected chi connectivity index (χ3v) is 4.79. The molecule has 116 valence electrons. The molecule has 0 spiro atoms. The number of carbonyl (C=O) groups is 1. The third kappa shape index (κ3) is 4.31. The van der Waals surface area contributed by atoms with Crippen LogP contribution in [0.25, 0.3) is 0 Å². The van der Waals surface area contributed by atoms with E-state index in [2.05, 4.69) is 26.0 Å². The van der Waals surface area contributed by atoms with Crippen molar-refractivity contribution in [2.75, 3.05) is 19.6 Å². The number of benzene rings is 1. The highest BCUT2D eigenvalue weighted by molar-refractivity contribution is 5.76. The number of likely N-dealkylation sites (tertiary alicyclic amines) is 1. The lowest BCUT2D eigenvalue weighted by molar-refractivity contribution is -0.130. The second-order valence-electron chi connectivity index (χ2n) is 6.51. The highest BCUT2D eigenvalue weighted by atomic mass is 16.2. The van der Waals surface area contributed by atoms with E-state index in [-0.39, 0.29) is 5.92 Å². The Morgan fingerprint density at radius 2 is 1.95 bits per heavy atom. The molecule has 3 heteroatoms. The van der Waals surface area contributed by atoms with Gasteiger partial charge in [0.05, 0.1) is 0 Å². The molecule has 21 heavy (non-hydrogen) atoms. The van der Waals surface area contributed by atoms with Crippen LogP contribution in [-0.4, -0.2) is 30.4 Å². The predicted molar refractivity (Wildman–Crippen MR) is 87.0 cm³/mol. The van der Waals surface area contributed by atoms with E-state index in [4.69, 9.17) is 5.73 Å². The zero-order valence-corrected chi connectivity index (χ0v) is 13.3. The summed E-state index contributed by atoms with van der Waals surface area (Å²) in [5.74, 6) is 1.88. The maximum Gasteiger partial charge on any atom is 0.222 e. The largest absolute Gasteiger partial charge is 0.342 e. The van der Waals surface area contributed by atoms with Crippen LogP contribution >= 0.6 is 0 Å². The first-order valence-electron chi connectivity index (χ1n) is 8.14. The van der Waals surface area contributed by atoms with Gasteiger partial charge in [-0.25, -0.2) is 0 Å². The number of hydrogen-bond donors (Lipinski definition) is 1. The molecule has 1 aromatic carbocycles. The quantitative estimate of drug-likeness (QED) is 0.905. The van der Waals surface area contributed by atoms with Gasteiger partial charge >= 0.3 is 0 Å². The average Bonchev–Trinajstić information content (AvgIpc) is 2.68. The Balaban J connectivity index is 2.01. The van der Waals surface area contributed by atoms with E-state index >= 15 is 0 Å². The summed E-state index contributed by atoms with van der Waals surface area (Å²) in [4.78, 5) is 14.4. The van der Waals surface area contributed by atoms with E-state index in [1.54, 1.807) is 0 Å². The van der Waals surface area contributed by atoms with Crippen LogP contribution in [0.5, 0.6) is 0 Å². The zero-order chi connectivity index (χ0) is 15.2. The fourth-order valence-electron chi connectivity index (χ4n) is 3.22. The molecule has 1 heterocycles. The van der Waals surface area contributed by atoms with Crippen molar-refractivity contribution in [2.24, 2.45) is 17.6 Å². The highest BCUT2D eigenvalue weighted by Crippen LogP contribution is 2.26. The number of hydrogen-bond acceptors (Lipinski definition) is 2. The summed E-state index contributed by atoms with van der Waals surface area (Å²) in [7, 11) is 0. The van der Waals surface area contributed by atoms with Gasteiger partial charge in [-0.2, -0.15) is 0 Å². The van der Waals surface area contributed by atoms with Crippen LogP contribution in [0.3, 0.4) is 0 Å². The van der Waals surface area contributed by atoms with Gasteiger partial charge in [0.1, 0.15) is 0 Å². The maximum absolute atomic E-state index is 12.4. The Labute approximate surface area is 128 Å². The van der Waals surface area contributed by atoms with Crippen LogP contribution in [0, 0.1) is 11.8 Å². The lowest BCUT2D eigenvalue weighted by Crippen LogP contribution is -2.36. The van der Waals surface area contributed by atoms with Gasteiger partial charge in [-0.3, -0.25) is 4.79 Å². The maximum atomic E-state index is 12.4. The van der Waals surface area contributed by atoms with E-state index < -0.39 is 0 Å². The molecule has 0 radical (unpaired) electrons. The standard InChI is InChI=1S/C18H28N2O/c1-14(2)15-8-9-18(21)20(11-10-15)13-17(12-19)16-6-4-3-5-7-16/h3-7,14-15,17H,8-13,19H2,1-2H3. The third-order valence-electron chi connectivity index (χ3n) is 4.79. The van der Waals surface area contributed by atoms with E-state index in [0.717, 1.165) is 25.9 Å². The number of nitrogens with two attached hydrogens (primary N) is 1. The summed E-state index contributed by atoms with van der Waals surface area (Å²) in [6, 6.07) is 10.3. The number of amides is 1. The van der Waals surface area contributed by atoms with Gasteiger partial charge in [-0.1, -0.05) is 44.2 Å². The fourth-order valence-corrected chi connectivity index (χ4v) is 3.22. The van der Waals surface area contributed by atoms with Crippen molar-refractivity contribution in [2.45, 2.75) is 39.0 Å². The van der Waals surface area contributed by atoms with E-state index in [0.29, 0.717) is 30.7 Å². The molecule has 1 fully saturated rings. The predicted octanol–water partition coefficient (Wildman–Crippen LogP) is 3.01. The molecule has 1 saturated heterocycles. The molecule has 2 atom stereocenters. The topological polar surface area (TPSA) is 46.3 Å². The van der Waals surface area contributed by atoms with E-state index in [9.17, 15) is 4.79 Å². The highest BCUT2D eigenvalue weighted by Gasteiger charge is 2.26. The summed E-state index contributed by atoms with van der Waals surface area (Å²) >= 11 is 0. The van der Waals surface area contributed by atoms with Gasteiger partial charge < -0.3 is 10.6 Å². The molecule has 1 aliphatic heterocycles. The van der Waals surface area contributed by atoms with Crippen LogP contribution in [0.2, 0.25) is 0 Å². The average molecular weight is 288 g/mol. The summed E-state index contributed by atoms with van der Waals surface area (Å²) in [6.45, 7) is 6.74. The minimum absolute atomic E-state index is 0.241. The van der Waals surface area contributed by atoms with Gasteiger partial charge in [0.15, 0.2) is 0 Å². The van der Waals surface area contributed by atoms with Crippen molar-refractivity contribution >= 4 is 5.91 Å². The molecule has 0 saturated carbocycles. The molecule has 0 bridgehead atoms. The molecule has 0 aliphatic carbocycles. The zero-order valence-electron chi connectivity index (χ0n) is 13.3. The molecule has 1 aliphatic rings. The van der Waals surface area contributed by atoms with Crippen molar-refractivity contribution in [1.29, 1.82) is 0 Å². The molecule has 1 aromatic rings. The van der Waals surface area contributed by atoms with Crippen molar-refractivity contribution in [3.8, 4) is 0 Å². The first-order valence-corrected chi connectivity index (χ1v) is 8.14. The van der Waals surface area contributed by atoms with Gasteiger partial charge in [-0.15, -0.1) is 0 Å². The van der Waals surface area contributed by atoms with Crippen molar-refractivity contribution in [3.63, 3.8) is 0 Å². The minimum atomic E-state index is 0.241. The Bertz CT molecular complexity index is 444. The second kappa shape index (κ2) is 7.60. The normalized spacial score (nSPS) is 21.4. The molecule has 2 unspecified atom stereocenters. The first-order chi connectivity index (χ1) is 10.1. The Morgan fingerprint density at radius 3 is 2.57 bits per heavy atom. The van der Waals surface area contributed by atoms with Gasteiger partial charge in [-0.05, 0) is 30.2 Å². The van der Waals surface area contributed by atoms with Crippen LogP contribution in [0.4, 0.5) is 0 Å². The lowest BCUT2D eigenvalue weighted by Gasteiger charge is -2.26. The number of carbonyl (C=O) groups excluding carboxylic acids is 1. The summed E-state index contributed by atoms with van der Waals surface area (Å²) in [5, 5.41) is 0. The van der Waals surface area contributed by atoms with Crippen molar-refractivity contribution in [3.05, 3.63) is 35.9 Å². The van der Waals surface area contributed by atoms with Crippen LogP contribution < -0.4 is 5.73 Å². The van der Waals surface area contributed by atoms with Crippen LogP contribution in [-0.2, 0) is 4.79 Å². The Morgan fingerprint density at radius 1 is 1.24 bits per heavy atom. The molecule has 0 aromatic heterocycles. The number of rotatable bonds is 5. The van der Waals surface area contributed by atoms with E-state index in [1.807, 2.05) is 23.1 Å². The molecular weight excluding hydrogens is 260 g/mol. The molecular formula is C18H28N2O. The molecule has 2 rings (SSSR count). The van der Waals surface area contributed by atoms with Crippen molar-refractivity contribution < 1.29 is 4.79 Å². The van der Waals surface area contributed by atoms with Gasteiger partial charge in [0.2, 0.25) is 5.91 Å². The van der Waals surface area contributed by atoms with E-state index in [1.165, 1.54) is 5.56 Å². The first kappa shape index (κ1) is 16.0. The van der Waals surface area contributed by atoms with Crippen molar-refractivity contribution in [1.82, 2.24) is 4.90 Å². The Hall–Kier alpha value is -1.35. The number of nitrogens with zero attached hydrogens (tertiary/aromatic N) is 1. The summed E-state index contributed by atoms with van der Waals surface area (Å²) in [5.41, 5.74) is 7.18. The lowest BCUT2D eigenvalue weighted by atomic mass is 9.89. The smallest absolute Gasteiger partial charge is 0.222 e. The molecule has 3 nitrogen and oxygen atoms in total. The van der Waals surface area contributed by atoms with Crippen LogP contribution in [0.15, 0.2) is 30.3 Å². The van der Waals surface area contributed by atoms with Gasteiger partial charge in [0.25, 0.3) is 0 Å². The monoisotopic (exact) mass is 288 g/mol. The molecule has 1 amide bonds.